The van der Waals surface area contributed by atoms with Gasteiger partial charge in [-0.3, -0.25) is 0 Å². The lowest BCUT2D eigenvalue weighted by Gasteiger charge is -2.11. The number of rotatable bonds is 6. The van der Waals surface area contributed by atoms with E-state index in [1.807, 2.05) is 24.3 Å². The molecule has 0 aliphatic rings. The molecule has 0 bridgehead atoms. The Labute approximate surface area is 120 Å². The lowest BCUT2D eigenvalue weighted by atomic mass is 10.0. The van der Waals surface area contributed by atoms with Crippen molar-refractivity contribution in [3.63, 3.8) is 0 Å². The van der Waals surface area contributed by atoms with Crippen molar-refractivity contribution in [2.24, 2.45) is 0 Å². The molecule has 0 aromatic heterocycles. The second-order valence-corrected chi connectivity index (χ2v) is 7.57. The van der Waals surface area contributed by atoms with Crippen molar-refractivity contribution >= 4 is 20.6 Å². The summed E-state index contributed by atoms with van der Waals surface area (Å²) in [5, 5.41) is 12.3. The Balaban J connectivity index is 1.94. The van der Waals surface area contributed by atoms with Crippen LogP contribution in [0.2, 0.25) is 0 Å². The monoisotopic (exact) mass is 292 g/mol. The fourth-order valence-corrected chi connectivity index (χ4v) is 3.01. The first-order valence-corrected chi connectivity index (χ1v) is 8.83. The van der Waals surface area contributed by atoms with Crippen LogP contribution < -0.4 is 0 Å². The normalized spacial score (nSPS) is 13.5. The van der Waals surface area contributed by atoms with Gasteiger partial charge in [0.1, 0.15) is 9.84 Å². The molecular formula is C16H20O3S. The molecule has 0 radical (unpaired) electrons. The van der Waals surface area contributed by atoms with Crippen molar-refractivity contribution < 1.29 is 13.5 Å². The predicted molar refractivity (Wildman–Crippen MR) is 82.6 cm³/mol. The molecule has 2 aromatic carbocycles. The van der Waals surface area contributed by atoms with Crippen molar-refractivity contribution in [2.45, 2.75) is 25.4 Å². The molecule has 0 spiro atoms. The maximum Gasteiger partial charge on any atom is 0.147 e. The summed E-state index contributed by atoms with van der Waals surface area (Å²) < 4.78 is 22.1. The van der Waals surface area contributed by atoms with Gasteiger partial charge in [0.25, 0.3) is 0 Å². The summed E-state index contributed by atoms with van der Waals surface area (Å²) in [6.45, 7) is 0. The van der Waals surface area contributed by atoms with Gasteiger partial charge in [-0.05, 0) is 35.6 Å². The average molecular weight is 292 g/mol. The molecule has 3 nitrogen and oxygen atoms in total. The zero-order chi connectivity index (χ0) is 14.6. The second-order valence-electron chi connectivity index (χ2n) is 5.31. The second kappa shape index (κ2) is 6.37. The summed E-state index contributed by atoms with van der Waals surface area (Å²) in [5.41, 5.74) is 1.08. The highest BCUT2D eigenvalue weighted by Crippen LogP contribution is 2.17. The van der Waals surface area contributed by atoms with Crippen LogP contribution in [0.4, 0.5) is 0 Å². The highest BCUT2D eigenvalue weighted by atomic mass is 32.2. The van der Waals surface area contributed by atoms with Gasteiger partial charge in [-0.1, -0.05) is 42.5 Å². The van der Waals surface area contributed by atoms with Crippen LogP contribution in [-0.2, 0) is 16.3 Å². The van der Waals surface area contributed by atoms with Crippen LogP contribution >= 0.6 is 0 Å². The number of hydrogen-bond acceptors (Lipinski definition) is 3. The van der Waals surface area contributed by atoms with E-state index in [1.165, 1.54) is 11.6 Å². The van der Waals surface area contributed by atoms with E-state index >= 15 is 0 Å². The summed E-state index contributed by atoms with van der Waals surface area (Å²) in [6.07, 6.45) is 2.32. The predicted octanol–water partition coefficient (Wildman–Crippen LogP) is 2.57. The van der Waals surface area contributed by atoms with E-state index in [0.717, 1.165) is 10.9 Å². The van der Waals surface area contributed by atoms with E-state index in [1.54, 1.807) is 0 Å². The molecule has 1 N–H and O–H groups in total. The van der Waals surface area contributed by atoms with E-state index in [2.05, 4.69) is 18.2 Å². The third-order valence-electron chi connectivity index (χ3n) is 3.34. The fourth-order valence-electron chi connectivity index (χ4n) is 2.32. The van der Waals surface area contributed by atoms with Crippen molar-refractivity contribution in [3.8, 4) is 0 Å². The van der Waals surface area contributed by atoms with Crippen LogP contribution in [0, 0.1) is 0 Å². The van der Waals surface area contributed by atoms with Crippen molar-refractivity contribution in [1.82, 2.24) is 0 Å². The Morgan fingerprint density at radius 3 is 2.50 bits per heavy atom. The zero-order valence-corrected chi connectivity index (χ0v) is 12.4. The van der Waals surface area contributed by atoms with Gasteiger partial charge in [-0.25, -0.2) is 8.42 Å². The third-order valence-corrected chi connectivity index (χ3v) is 4.37. The van der Waals surface area contributed by atoms with Crippen LogP contribution in [-0.4, -0.2) is 31.6 Å². The Bertz CT molecular complexity index is 677. The molecular weight excluding hydrogens is 272 g/mol. The number of benzene rings is 2. The number of aliphatic hydroxyl groups excluding tert-OH is 1. The highest BCUT2D eigenvalue weighted by Gasteiger charge is 2.08. The van der Waals surface area contributed by atoms with Gasteiger partial charge < -0.3 is 5.11 Å². The van der Waals surface area contributed by atoms with Crippen LogP contribution in [0.5, 0.6) is 0 Å². The molecule has 20 heavy (non-hydrogen) atoms. The van der Waals surface area contributed by atoms with Crippen LogP contribution in [0.15, 0.2) is 42.5 Å². The zero-order valence-electron chi connectivity index (χ0n) is 11.6. The molecule has 108 valence electrons. The summed E-state index contributed by atoms with van der Waals surface area (Å²) in [5.74, 6) is 0.141. The van der Waals surface area contributed by atoms with Gasteiger partial charge in [0.05, 0.1) is 6.10 Å². The quantitative estimate of drug-likeness (QED) is 0.890. The van der Waals surface area contributed by atoms with Crippen LogP contribution in [0.3, 0.4) is 0 Å². The van der Waals surface area contributed by atoms with Crippen molar-refractivity contribution in [2.75, 3.05) is 12.0 Å². The van der Waals surface area contributed by atoms with Crippen LogP contribution in [0.25, 0.3) is 10.8 Å². The first-order chi connectivity index (χ1) is 9.44. The molecule has 0 aliphatic carbocycles. The first kappa shape index (κ1) is 15.0. The van der Waals surface area contributed by atoms with Gasteiger partial charge in [-0.2, -0.15) is 0 Å². The minimum atomic E-state index is -2.93. The number of aliphatic hydroxyl groups is 1. The third kappa shape index (κ3) is 4.62. The molecule has 0 fully saturated rings. The molecule has 0 saturated carbocycles. The maximum atomic E-state index is 11.0. The molecule has 2 rings (SSSR count). The molecule has 1 atom stereocenters. The van der Waals surface area contributed by atoms with E-state index < -0.39 is 15.9 Å². The number of fused-ring (bicyclic) bond motifs is 1. The molecule has 4 heteroatoms. The summed E-state index contributed by atoms with van der Waals surface area (Å²) in [4.78, 5) is 0. The minimum absolute atomic E-state index is 0.141. The highest BCUT2D eigenvalue weighted by molar-refractivity contribution is 7.90. The lowest BCUT2D eigenvalue weighted by Crippen LogP contribution is -2.13. The smallest absolute Gasteiger partial charge is 0.147 e. The van der Waals surface area contributed by atoms with E-state index in [0.29, 0.717) is 19.3 Å². The van der Waals surface area contributed by atoms with Gasteiger partial charge in [-0.15, -0.1) is 0 Å². The molecule has 0 aliphatic heterocycles. The number of hydrogen-bond donors (Lipinski definition) is 1. The van der Waals surface area contributed by atoms with E-state index in [4.69, 9.17) is 0 Å². The summed E-state index contributed by atoms with van der Waals surface area (Å²) in [7, 11) is -2.93. The van der Waals surface area contributed by atoms with Crippen molar-refractivity contribution in [3.05, 3.63) is 48.0 Å². The maximum absolute atomic E-state index is 11.0. The lowest BCUT2D eigenvalue weighted by molar-refractivity contribution is 0.164. The Morgan fingerprint density at radius 1 is 1.10 bits per heavy atom. The van der Waals surface area contributed by atoms with Crippen LogP contribution in [0.1, 0.15) is 18.4 Å². The summed E-state index contributed by atoms with van der Waals surface area (Å²) in [6, 6.07) is 14.2. The van der Waals surface area contributed by atoms with Gasteiger partial charge >= 0.3 is 0 Å². The molecule has 1 unspecified atom stereocenters. The minimum Gasteiger partial charge on any atom is -0.393 e. The van der Waals surface area contributed by atoms with Crippen molar-refractivity contribution in [1.29, 1.82) is 0 Å². The first-order valence-electron chi connectivity index (χ1n) is 6.77. The topological polar surface area (TPSA) is 54.4 Å². The average Bonchev–Trinajstić information content (AvgIpc) is 2.37. The van der Waals surface area contributed by atoms with Gasteiger partial charge in [0.15, 0.2) is 0 Å². The number of sulfone groups is 1. The SMILES string of the molecule is CS(=O)(=O)CCCC(O)Cc1ccc2ccccc2c1. The van der Waals surface area contributed by atoms with E-state index in [-0.39, 0.29) is 5.75 Å². The van der Waals surface area contributed by atoms with Gasteiger partial charge in [0.2, 0.25) is 0 Å². The largest absolute Gasteiger partial charge is 0.393 e. The van der Waals surface area contributed by atoms with E-state index in [9.17, 15) is 13.5 Å². The molecule has 0 saturated heterocycles. The molecule has 2 aromatic rings. The molecule has 0 amide bonds. The molecule has 0 heterocycles. The standard InChI is InChI=1S/C16H20O3S/c1-20(18,19)10-4-7-16(17)12-13-8-9-14-5-2-3-6-15(14)11-13/h2-3,5-6,8-9,11,16-17H,4,7,10,12H2,1H3. The summed E-state index contributed by atoms with van der Waals surface area (Å²) >= 11 is 0. The van der Waals surface area contributed by atoms with Gasteiger partial charge in [0, 0.05) is 12.0 Å². The Hall–Kier alpha value is -1.39. The fraction of sp³-hybridized carbons (Fsp3) is 0.375. The Morgan fingerprint density at radius 2 is 1.80 bits per heavy atom. The Kier molecular flexibility index (Phi) is 4.78.